The van der Waals surface area contributed by atoms with Gasteiger partial charge in [0.2, 0.25) is 0 Å². The molecule has 0 spiro atoms. The van der Waals surface area contributed by atoms with Crippen LogP contribution in [-0.2, 0) is 5.60 Å². The number of furan rings is 1. The van der Waals surface area contributed by atoms with Crippen LogP contribution in [0.2, 0.25) is 0 Å². The molecule has 0 bridgehead atoms. The molecule has 1 aromatic heterocycles. The van der Waals surface area contributed by atoms with E-state index in [1.54, 1.807) is 19.3 Å². The summed E-state index contributed by atoms with van der Waals surface area (Å²) >= 11 is 3.35. The molecule has 0 aliphatic rings. The highest BCUT2D eigenvalue weighted by Gasteiger charge is 2.28. The van der Waals surface area contributed by atoms with Gasteiger partial charge < -0.3 is 14.8 Å². The highest BCUT2D eigenvalue weighted by Crippen LogP contribution is 2.31. The molecule has 0 saturated heterocycles. The standard InChI is InChI=1S/C11H18BrNO2/c1-8(2)13-6-5-11(3,14)10-9(12)4-7-15-10/h4,7-8,13-14H,5-6H2,1-3H3. The summed E-state index contributed by atoms with van der Waals surface area (Å²) in [6.07, 6.45) is 2.20. The van der Waals surface area contributed by atoms with Gasteiger partial charge in [-0.3, -0.25) is 0 Å². The minimum absolute atomic E-state index is 0.431. The molecule has 4 heteroatoms. The monoisotopic (exact) mass is 275 g/mol. The fourth-order valence-corrected chi connectivity index (χ4v) is 2.02. The molecule has 0 aliphatic heterocycles. The van der Waals surface area contributed by atoms with Crippen LogP contribution in [0.5, 0.6) is 0 Å². The molecule has 1 unspecified atom stereocenters. The number of hydrogen-bond donors (Lipinski definition) is 2. The zero-order valence-corrected chi connectivity index (χ0v) is 11.0. The average molecular weight is 276 g/mol. The molecule has 0 aliphatic carbocycles. The van der Waals surface area contributed by atoms with Gasteiger partial charge in [-0.25, -0.2) is 0 Å². The van der Waals surface area contributed by atoms with Crippen molar-refractivity contribution in [2.75, 3.05) is 6.54 Å². The average Bonchev–Trinajstić information content (AvgIpc) is 2.50. The molecule has 3 nitrogen and oxygen atoms in total. The molecule has 86 valence electrons. The Balaban J connectivity index is 2.56. The maximum Gasteiger partial charge on any atom is 0.149 e. The lowest BCUT2D eigenvalue weighted by atomic mass is 9.99. The van der Waals surface area contributed by atoms with Gasteiger partial charge in [-0.2, -0.15) is 0 Å². The second-order valence-electron chi connectivity index (χ2n) is 4.23. The smallest absolute Gasteiger partial charge is 0.149 e. The van der Waals surface area contributed by atoms with E-state index in [-0.39, 0.29) is 0 Å². The molecule has 15 heavy (non-hydrogen) atoms. The van der Waals surface area contributed by atoms with E-state index < -0.39 is 5.60 Å². The van der Waals surface area contributed by atoms with Crippen molar-refractivity contribution < 1.29 is 9.52 Å². The summed E-state index contributed by atoms with van der Waals surface area (Å²) in [6, 6.07) is 2.22. The van der Waals surface area contributed by atoms with Crippen molar-refractivity contribution in [1.29, 1.82) is 0 Å². The summed E-state index contributed by atoms with van der Waals surface area (Å²) < 4.78 is 6.08. The van der Waals surface area contributed by atoms with E-state index in [1.165, 1.54) is 0 Å². The van der Waals surface area contributed by atoms with Crippen LogP contribution in [0.15, 0.2) is 21.2 Å². The first-order valence-corrected chi connectivity index (χ1v) is 5.92. The van der Waals surface area contributed by atoms with Crippen molar-refractivity contribution in [3.05, 3.63) is 22.6 Å². The Morgan fingerprint density at radius 1 is 1.60 bits per heavy atom. The first kappa shape index (κ1) is 12.7. The highest BCUT2D eigenvalue weighted by atomic mass is 79.9. The van der Waals surface area contributed by atoms with E-state index in [0.717, 1.165) is 11.0 Å². The van der Waals surface area contributed by atoms with E-state index in [0.29, 0.717) is 18.2 Å². The lowest BCUT2D eigenvalue weighted by Gasteiger charge is -2.22. The number of rotatable bonds is 5. The molecule has 1 rings (SSSR count). The molecule has 0 saturated carbocycles. The largest absolute Gasteiger partial charge is 0.465 e. The summed E-state index contributed by atoms with van der Waals surface area (Å²) in [5, 5.41) is 13.5. The van der Waals surface area contributed by atoms with Crippen molar-refractivity contribution in [3.8, 4) is 0 Å². The van der Waals surface area contributed by atoms with E-state index in [2.05, 4.69) is 35.1 Å². The third-order valence-electron chi connectivity index (χ3n) is 2.27. The van der Waals surface area contributed by atoms with Gasteiger partial charge in [0.25, 0.3) is 0 Å². The third kappa shape index (κ3) is 3.63. The summed E-state index contributed by atoms with van der Waals surface area (Å²) in [6.45, 7) is 6.69. The lowest BCUT2D eigenvalue weighted by molar-refractivity contribution is 0.0244. The van der Waals surface area contributed by atoms with Crippen molar-refractivity contribution in [2.45, 2.75) is 38.8 Å². The predicted octanol–water partition coefficient (Wildman–Crippen LogP) is 2.64. The molecule has 1 heterocycles. The number of halogens is 1. The van der Waals surface area contributed by atoms with Gasteiger partial charge >= 0.3 is 0 Å². The topological polar surface area (TPSA) is 45.4 Å². The molecule has 2 N–H and O–H groups in total. The van der Waals surface area contributed by atoms with Gasteiger partial charge in [-0.1, -0.05) is 13.8 Å². The lowest BCUT2D eigenvalue weighted by Crippen LogP contribution is -2.31. The molecule has 0 aromatic carbocycles. The summed E-state index contributed by atoms with van der Waals surface area (Å²) in [4.78, 5) is 0. The number of hydrogen-bond acceptors (Lipinski definition) is 3. The minimum atomic E-state index is -0.926. The Kier molecular flexibility index (Phi) is 4.37. The van der Waals surface area contributed by atoms with Gasteiger partial charge in [-0.15, -0.1) is 0 Å². The maximum atomic E-state index is 10.2. The van der Waals surface area contributed by atoms with Crippen molar-refractivity contribution in [3.63, 3.8) is 0 Å². The maximum absolute atomic E-state index is 10.2. The Morgan fingerprint density at radius 2 is 2.27 bits per heavy atom. The third-order valence-corrected chi connectivity index (χ3v) is 2.90. The molecule has 0 fully saturated rings. The van der Waals surface area contributed by atoms with E-state index >= 15 is 0 Å². The van der Waals surface area contributed by atoms with Crippen LogP contribution >= 0.6 is 15.9 Å². The van der Waals surface area contributed by atoms with Gasteiger partial charge in [-0.05, 0) is 41.9 Å². The highest BCUT2D eigenvalue weighted by molar-refractivity contribution is 9.10. The fourth-order valence-electron chi connectivity index (χ4n) is 1.40. The van der Waals surface area contributed by atoms with Crippen LogP contribution in [0, 0.1) is 0 Å². The molecular formula is C11H18BrNO2. The van der Waals surface area contributed by atoms with Crippen molar-refractivity contribution >= 4 is 15.9 Å². The molecular weight excluding hydrogens is 258 g/mol. The van der Waals surface area contributed by atoms with Crippen LogP contribution in [0.25, 0.3) is 0 Å². The SMILES string of the molecule is CC(C)NCCC(C)(O)c1occc1Br. The molecule has 0 amide bonds. The minimum Gasteiger partial charge on any atom is -0.465 e. The zero-order chi connectivity index (χ0) is 11.5. The summed E-state index contributed by atoms with van der Waals surface area (Å²) in [5.74, 6) is 0.591. The van der Waals surface area contributed by atoms with Crippen LogP contribution in [0.1, 0.15) is 33.0 Å². The van der Waals surface area contributed by atoms with Crippen LogP contribution in [-0.4, -0.2) is 17.7 Å². The Labute approximate surface area is 99.0 Å². The van der Waals surface area contributed by atoms with Crippen molar-refractivity contribution in [1.82, 2.24) is 5.32 Å². The second-order valence-corrected chi connectivity index (χ2v) is 5.08. The van der Waals surface area contributed by atoms with Crippen LogP contribution in [0.4, 0.5) is 0 Å². The first-order valence-electron chi connectivity index (χ1n) is 5.12. The summed E-state index contributed by atoms with van der Waals surface area (Å²) in [7, 11) is 0. The zero-order valence-electron chi connectivity index (χ0n) is 9.38. The summed E-state index contributed by atoms with van der Waals surface area (Å²) in [5.41, 5.74) is -0.926. The number of aliphatic hydroxyl groups is 1. The quantitative estimate of drug-likeness (QED) is 0.869. The Hall–Kier alpha value is -0.320. The molecule has 0 radical (unpaired) electrons. The molecule has 1 aromatic rings. The Bertz CT molecular complexity index is 307. The van der Waals surface area contributed by atoms with E-state index in [9.17, 15) is 5.11 Å². The van der Waals surface area contributed by atoms with Crippen LogP contribution in [0.3, 0.4) is 0 Å². The van der Waals surface area contributed by atoms with Gasteiger partial charge in [0.05, 0.1) is 10.7 Å². The van der Waals surface area contributed by atoms with E-state index in [4.69, 9.17) is 4.42 Å². The van der Waals surface area contributed by atoms with Crippen molar-refractivity contribution in [2.24, 2.45) is 0 Å². The normalized spacial score (nSPS) is 15.6. The molecule has 1 atom stereocenters. The van der Waals surface area contributed by atoms with Gasteiger partial charge in [0, 0.05) is 6.04 Å². The van der Waals surface area contributed by atoms with Crippen LogP contribution < -0.4 is 5.32 Å². The second kappa shape index (κ2) is 5.14. The van der Waals surface area contributed by atoms with Gasteiger partial charge in [0.1, 0.15) is 11.4 Å². The Morgan fingerprint density at radius 3 is 2.73 bits per heavy atom. The fraction of sp³-hybridized carbons (Fsp3) is 0.636. The van der Waals surface area contributed by atoms with E-state index in [1.807, 2.05) is 0 Å². The van der Waals surface area contributed by atoms with Gasteiger partial charge in [0.15, 0.2) is 0 Å². The number of nitrogens with one attached hydrogen (secondary N) is 1. The predicted molar refractivity (Wildman–Crippen MR) is 63.7 cm³/mol. The first-order chi connectivity index (χ1) is 6.93.